The van der Waals surface area contributed by atoms with Crippen LogP contribution in [0.4, 0.5) is 0 Å². The first-order valence-corrected chi connectivity index (χ1v) is 8.72. The Kier molecular flexibility index (Phi) is 4.41. The monoisotopic (exact) mass is 300 g/mol. The lowest BCUT2D eigenvalue weighted by Gasteiger charge is -2.07. The van der Waals surface area contributed by atoms with Crippen LogP contribution in [0.5, 0.6) is 0 Å². The zero-order valence-electron chi connectivity index (χ0n) is 13.1. The van der Waals surface area contributed by atoms with Gasteiger partial charge < -0.3 is 5.32 Å². The second kappa shape index (κ2) is 6.29. The van der Waals surface area contributed by atoms with E-state index in [1.807, 2.05) is 11.3 Å². The number of rotatable bonds is 6. The highest BCUT2D eigenvalue weighted by Crippen LogP contribution is 2.49. The van der Waals surface area contributed by atoms with Crippen molar-refractivity contribution < 1.29 is 0 Å². The van der Waals surface area contributed by atoms with E-state index in [2.05, 4.69) is 56.4 Å². The first-order valence-electron chi connectivity index (χ1n) is 7.91. The Morgan fingerprint density at radius 2 is 2.00 bits per heavy atom. The van der Waals surface area contributed by atoms with Gasteiger partial charge in [0.15, 0.2) is 0 Å². The van der Waals surface area contributed by atoms with Gasteiger partial charge in [0.05, 0.1) is 10.7 Å². The van der Waals surface area contributed by atoms with Gasteiger partial charge in [0.1, 0.15) is 0 Å². The molecule has 1 heterocycles. The Balaban J connectivity index is 1.83. The molecule has 1 saturated carbocycles. The molecule has 1 aliphatic carbocycles. The van der Waals surface area contributed by atoms with Gasteiger partial charge in [-0.25, -0.2) is 4.98 Å². The lowest BCUT2D eigenvalue weighted by atomic mass is 10.1. The van der Waals surface area contributed by atoms with Crippen molar-refractivity contribution in [2.75, 3.05) is 6.54 Å². The summed E-state index contributed by atoms with van der Waals surface area (Å²) in [5.74, 6) is 2.20. The largest absolute Gasteiger partial charge is 0.312 e. The summed E-state index contributed by atoms with van der Waals surface area (Å²) in [6, 6.07) is 10.6. The molecular weight excluding hydrogens is 276 g/mol. The molecule has 112 valence electrons. The third-order valence-electron chi connectivity index (χ3n) is 4.03. The summed E-state index contributed by atoms with van der Waals surface area (Å²) in [5.41, 5.74) is 2.43. The van der Waals surface area contributed by atoms with Crippen LogP contribution < -0.4 is 5.32 Å². The Hall–Kier alpha value is -1.19. The third-order valence-corrected chi connectivity index (χ3v) is 5.21. The fourth-order valence-electron chi connectivity index (χ4n) is 2.61. The second-order valence-corrected chi connectivity index (χ2v) is 7.65. The molecule has 0 radical (unpaired) electrons. The standard InChI is InChI=1S/C18H24N2S/c1-12(2)10-19-11-16-17(14-7-5-4-6-8-14)20-18(21-16)15-9-13(15)3/h4-8,12-13,15,19H,9-11H2,1-3H3. The highest BCUT2D eigenvalue weighted by Gasteiger charge is 2.37. The van der Waals surface area contributed by atoms with Gasteiger partial charge in [-0.3, -0.25) is 0 Å². The van der Waals surface area contributed by atoms with Crippen LogP contribution >= 0.6 is 11.3 Å². The fourth-order valence-corrected chi connectivity index (χ4v) is 3.91. The van der Waals surface area contributed by atoms with Gasteiger partial charge in [0, 0.05) is 22.9 Å². The van der Waals surface area contributed by atoms with Crippen LogP contribution in [0.25, 0.3) is 11.3 Å². The molecule has 0 bridgehead atoms. The lowest BCUT2D eigenvalue weighted by Crippen LogP contribution is -2.18. The number of hydrogen-bond donors (Lipinski definition) is 1. The molecule has 1 fully saturated rings. The summed E-state index contributed by atoms with van der Waals surface area (Å²) in [6.45, 7) is 8.80. The second-order valence-electron chi connectivity index (χ2n) is 6.53. The van der Waals surface area contributed by atoms with Crippen LogP contribution in [-0.4, -0.2) is 11.5 Å². The van der Waals surface area contributed by atoms with Crippen LogP contribution in [0.15, 0.2) is 30.3 Å². The Labute approximate surface area is 131 Å². The maximum atomic E-state index is 4.97. The summed E-state index contributed by atoms with van der Waals surface area (Å²) >= 11 is 1.91. The minimum Gasteiger partial charge on any atom is -0.312 e. The van der Waals surface area contributed by atoms with Crippen LogP contribution in [0.2, 0.25) is 0 Å². The quantitative estimate of drug-likeness (QED) is 0.838. The number of aromatic nitrogens is 1. The van der Waals surface area contributed by atoms with E-state index in [1.165, 1.54) is 27.6 Å². The van der Waals surface area contributed by atoms with E-state index >= 15 is 0 Å². The average molecular weight is 300 g/mol. The molecule has 0 saturated heterocycles. The van der Waals surface area contributed by atoms with Gasteiger partial charge in [-0.05, 0) is 24.8 Å². The molecule has 2 nitrogen and oxygen atoms in total. The van der Waals surface area contributed by atoms with Crippen molar-refractivity contribution in [2.45, 2.75) is 39.7 Å². The summed E-state index contributed by atoms with van der Waals surface area (Å²) in [7, 11) is 0. The molecule has 2 aromatic rings. The Morgan fingerprint density at radius 3 is 2.62 bits per heavy atom. The molecule has 1 aromatic heterocycles. The number of thiazole rings is 1. The van der Waals surface area contributed by atoms with Crippen LogP contribution in [0, 0.1) is 11.8 Å². The summed E-state index contributed by atoms with van der Waals surface area (Å²) < 4.78 is 0. The van der Waals surface area contributed by atoms with Gasteiger partial charge in [-0.2, -0.15) is 0 Å². The molecule has 0 spiro atoms. The summed E-state index contributed by atoms with van der Waals surface area (Å²) in [6.07, 6.45) is 1.31. The topological polar surface area (TPSA) is 24.9 Å². The van der Waals surface area contributed by atoms with Gasteiger partial charge in [0.25, 0.3) is 0 Å². The van der Waals surface area contributed by atoms with E-state index in [0.29, 0.717) is 11.8 Å². The lowest BCUT2D eigenvalue weighted by molar-refractivity contribution is 0.555. The van der Waals surface area contributed by atoms with E-state index in [-0.39, 0.29) is 0 Å². The smallest absolute Gasteiger partial charge is 0.0969 e. The molecule has 3 rings (SSSR count). The number of hydrogen-bond acceptors (Lipinski definition) is 3. The van der Waals surface area contributed by atoms with E-state index in [1.54, 1.807) is 0 Å². The van der Waals surface area contributed by atoms with E-state index < -0.39 is 0 Å². The zero-order chi connectivity index (χ0) is 14.8. The predicted octanol–water partition coefficient (Wildman–Crippen LogP) is 4.68. The van der Waals surface area contributed by atoms with Crippen molar-refractivity contribution in [3.8, 4) is 11.3 Å². The minimum absolute atomic E-state index is 0.682. The van der Waals surface area contributed by atoms with Gasteiger partial charge >= 0.3 is 0 Å². The predicted molar refractivity (Wildman–Crippen MR) is 90.6 cm³/mol. The first-order chi connectivity index (χ1) is 10.1. The van der Waals surface area contributed by atoms with Crippen molar-refractivity contribution in [3.05, 3.63) is 40.2 Å². The molecule has 1 aliphatic rings. The Bertz CT molecular complexity index is 589. The molecule has 0 amide bonds. The normalized spacial score (nSPS) is 21.0. The van der Waals surface area contributed by atoms with E-state index in [4.69, 9.17) is 4.98 Å². The molecule has 0 aliphatic heterocycles. The van der Waals surface area contributed by atoms with Crippen LogP contribution in [0.3, 0.4) is 0 Å². The average Bonchev–Trinajstić information content (AvgIpc) is 3.05. The van der Waals surface area contributed by atoms with Crippen molar-refractivity contribution in [1.82, 2.24) is 10.3 Å². The van der Waals surface area contributed by atoms with Crippen molar-refractivity contribution in [2.24, 2.45) is 11.8 Å². The van der Waals surface area contributed by atoms with Crippen molar-refractivity contribution in [3.63, 3.8) is 0 Å². The molecular formula is C18H24N2S. The maximum Gasteiger partial charge on any atom is 0.0969 e. The molecule has 1 N–H and O–H groups in total. The Morgan fingerprint density at radius 1 is 1.29 bits per heavy atom. The van der Waals surface area contributed by atoms with E-state index in [0.717, 1.165) is 19.0 Å². The molecule has 3 heteroatoms. The highest BCUT2D eigenvalue weighted by molar-refractivity contribution is 7.12. The molecule has 2 unspecified atom stereocenters. The first kappa shape index (κ1) is 14.7. The number of nitrogens with one attached hydrogen (secondary N) is 1. The third kappa shape index (κ3) is 3.53. The van der Waals surface area contributed by atoms with Crippen LogP contribution in [-0.2, 0) is 6.54 Å². The summed E-state index contributed by atoms with van der Waals surface area (Å²) in [4.78, 5) is 6.35. The van der Waals surface area contributed by atoms with Gasteiger partial charge in [-0.15, -0.1) is 11.3 Å². The van der Waals surface area contributed by atoms with Gasteiger partial charge in [-0.1, -0.05) is 51.1 Å². The molecule has 1 aromatic carbocycles. The minimum atomic E-state index is 0.682. The van der Waals surface area contributed by atoms with Crippen LogP contribution in [0.1, 0.15) is 43.0 Å². The van der Waals surface area contributed by atoms with Crippen molar-refractivity contribution >= 4 is 11.3 Å². The number of benzene rings is 1. The zero-order valence-corrected chi connectivity index (χ0v) is 13.9. The fraction of sp³-hybridized carbons (Fsp3) is 0.500. The summed E-state index contributed by atoms with van der Waals surface area (Å²) in [5, 5.41) is 4.90. The maximum absolute atomic E-state index is 4.97. The van der Waals surface area contributed by atoms with E-state index in [9.17, 15) is 0 Å². The molecule has 21 heavy (non-hydrogen) atoms. The number of nitrogens with zero attached hydrogens (tertiary/aromatic N) is 1. The van der Waals surface area contributed by atoms with Gasteiger partial charge in [0.2, 0.25) is 0 Å². The molecule has 2 atom stereocenters. The SMILES string of the molecule is CC(C)CNCc1sc(C2CC2C)nc1-c1ccccc1. The highest BCUT2D eigenvalue weighted by atomic mass is 32.1. The van der Waals surface area contributed by atoms with Crippen molar-refractivity contribution in [1.29, 1.82) is 0 Å².